The second-order valence-corrected chi connectivity index (χ2v) is 10.2. The number of ether oxygens (including phenoxy) is 1. The van der Waals surface area contributed by atoms with E-state index < -0.39 is 5.60 Å². The Labute approximate surface area is 200 Å². The lowest BCUT2D eigenvalue weighted by Gasteiger charge is -2.30. The number of H-pyrrole nitrogens is 1. The van der Waals surface area contributed by atoms with E-state index in [0.717, 1.165) is 66.6 Å². The Morgan fingerprint density at radius 3 is 2.59 bits per heavy atom. The first-order valence-corrected chi connectivity index (χ1v) is 12.3. The molecule has 1 aliphatic carbocycles. The number of aromatic amines is 1. The van der Waals surface area contributed by atoms with Crippen molar-refractivity contribution in [3.05, 3.63) is 47.3 Å². The van der Waals surface area contributed by atoms with Crippen LogP contribution in [0.4, 0.5) is 4.79 Å². The zero-order chi connectivity index (χ0) is 23.7. The number of amides is 1. The second-order valence-electron chi connectivity index (χ2n) is 10.2. The zero-order valence-corrected chi connectivity index (χ0v) is 20.2. The van der Waals surface area contributed by atoms with E-state index in [-0.39, 0.29) is 12.1 Å². The maximum Gasteiger partial charge on any atom is 0.410 e. The topological polar surface area (TPSA) is 96.9 Å². The van der Waals surface area contributed by atoms with Gasteiger partial charge in [-0.25, -0.2) is 4.79 Å². The highest BCUT2D eigenvalue weighted by Crippen LogP contribution is 2.44. The molecule has 8 heteroatoms. The molecule has 0 spiro atoms. The summed E-state index contributed by atoms with van der Waals surface area (Å²) in [6, 6.07) is 10.2. The molecule has 0 saturated carbocycles. The molecule has 34 heavy (non-hydrogen) atoms. The van der Waals surface area contributed by atoms with Gasteiger partial charge in [-0.15, -0.1) is 10.2 Å². The Morgan fingerprint density at radius 1 is 1.06 bits per heavy atom. The fourth-order valence-corrected chi connectivity index (χ4v) is 5.19. The van der Waals surface area contributed by atoms with E-state index in [9.17, 15) is 4.79 Å². The van der Waals surface area contributed by atoms with Crippen LogP contribution < -0.4 is 0 Å². The molecule has 2 aromatic heterocycles. The number of rotatable bonds is 3. The van der Waals surface area contributed by atoms with Crippen LogP contribution in [0.25, 0.3) is 22.5 Å². The average Bonchev–Trinajstić information content (AvgIpc) is 3.46. The van der Waals surface area contributed by atoms with Gasteiger partial charge < -0.3 is 4.74 Å². The minimum absolute atomic E-state index is 0.195. The average molecular weight is 461 g/mol. The predicted octanol–water partition coefficient (Wildman–Crippen LogP) is 5.27. The third kappa shape index (κ3) is 4.41. The predicted molar refractivity (Wildman–Crippen MR) is 129 cm³/mol. The quantitative estimate of drug-likeness (QED) is 0.535. The lowest BCUT2D eigenvalue weighted by atomic mass is 9.88. The summed E-state index contributed by atoms with van der Waals surface area (Å²) in [6.07, 6.45) is 6.77. The molecule has 0 radical (unpaired) electrons. The summed E-state index contributed by atoms with van der Waals surface area (Å²) in [5.41, 5.74) is 5.82. The van der Waals surface area contributed by atoms with Crippen molar-refractivity contribution in [2.75, 3.05) is 6.54 Å². The Bertz CT molecular complexity index is 1150. The number of nitrogens with one attached hydrogen (secondary N) is 1. The second kappa shape index (κ2) is 9.16. The molecule has 1 saturated heterocycles. The standard InChI is InChI=1S/C26H32N6O2/c1-26(2,3)34-25(33)32-16-10-15-20(32)23-22(24-28-30-31-29-24)21(17-11-6-4-7-12-17)18-13-8-5-9-14-19(18)27-23/h4,6-7,11-12,20H,5,8-10,13-16H2,1-3H3,(H,28,29,30,31). The molecular formula is C26H32N6O2. The van der Waals surface area contributed by atoms with Gasteiger partial charge in [0, 0.05) is 12.2 Å². The van der Waals surface area contributed by atoms with Crippen LogP contribution in [0.15, 0.2) is 30.3 Å². The first-order valence-electron chi connectivity index (χ1n) is 12.3. The van der Waals surface area contributed by atoms with Crippen molar-refractivity contribution in [1.82, 2.24) is 30.5 Å². The van der Waals surface area contributed by atoms with Crippen LogP contribution >= 0.6 is 0 Å². The lowest BCUT2D eigenvalue weighted by Crippen LogP contribution is -2.37. The zero-order valence-electron chi connectivity index (χ0n) is 20.2. The number of carbonyl (C=O) groups excluding carboxylic acids is 1. The molecule has 8 nitrogen and oxygen atoms in total. The largest absolute Gasteiger partial charge is 0.444 e. The first-order chi connectivity index (χ1) is 16.4. The molecule has 1 fully saturated rings. The first kappa shape index (κ1) is 22.5. The Morgan fingerprint density at radius 2 is 1.85 bits per heavy atom. The molecular weight excluding hydrogens is 428 g/mol. The molecule has 1 aromatic carbocycles. The van der Waals surface area contributed by atoms with Gasteiger partial charge in [-0.05, 0) is 81.2 Å². The molecule has 3 aromatic rings. The summed E-state index contributed by atoms with van der Waals surface area (Å²) < 4.78 is 5.76. The van der Waals surface area contributed by atoms with Crippen LogP contribution in [0.5, 0.6) is 0 Å². The maximum atomic E-state index is 13.2. The number of aryl methyl sites for hydroxylation is 1. The normalized spacial score (nSPS) is 18.4. The van der Waals surface area contributed by atoms with E-state index in [2.05, 4.69) is 44.9 Å². The van der Waals surface area contributed by atoms with Crippen LogP contribution in [-0.4, -0.2) is 48.7 Å². The highest BCUT2D eigenvalue weighted by atomic mass is 16.6. The summed E-state index contributed by atoms with van der Waals surface area (Å²) >= 11 is 0. The molecule has 1 N–H and O–H groups in total. The van der Waals surface area contributed by atoms with Crippen LogP contribution in [0.2, 0.25) is 0 Å². The van der Waals surface area contributed by atoms with Crippen molar-refractivity contribution >= 4 is 6.09 Å². The summed E-state index contributed by atoms with van der Waals surface area (Å²) in [7, 11) is 0. The van der Waals surface area contributed by atoms with Gasteiger partial charge in [-0.1, -0.05) is 36.8 Å². The lowest BCUT2D eigenvalue weighted by molar-refractivity contribution is 0.0221. The highest BCUT2D eigenvalue weighted by molar-refractivity contribution is 5.86. The van der Waals surface area contributed by atoms with E-state index in [1.165, 1.54) is 12.0 Å². The fourth-order valence-electron chi connectivity index (χ4n) is 5.19. The van der Waals surface area contributed by atoms with Gasteiger partial charge in [0.2, 0.25) is 5.82 Å². The van der Waals surface area contributed by atoms with Gasteiger partial charge in [0.15, 0.2) is 0 Å². The van der Waals surface area contributed by atoms with Gasteiger partial charge in [0.05, 0.1) is 17.3 Å². The van der Waals surface area contributed by atoms with Crippen molar-refractivity contribution in [2.45, 2.75) is 77.4 Å². The number of aromatic nitrogens is 5. The van der Waals surface area contributed by atoms with Crippen LogP contribution in [0, 0.1) is 0 Å². The number of fused-ring (bicyclic) bond motifs is 1. The number of likely N-dealkylation sites (tertiary alicyclic amines) is 1. The van der Waals surface area contributed by atoms with E-state index in [1.54, 1.807) is 0 Å². The number of benzene rings is 1. The number of nitrogens with zero attached hydrogens (tertiary/aromatic N) is 5. The van der Waals surface area contributed by atoms with Crippen molar-refractivity contribution in [1.29, 1.82) is 0 Å². The third-order valence-electron chi connectivity index (χ3n) is 6.58. The molecule has 1 atom stereocenters. The maximum absolute atomic E-state index is 13.2. The summed E-state index contributed by atoms with van der Waals surface area (Å²) in [5, 5.41) is 15.3. The molecule has 1 unspecified atom stereocenters. The van der Waals surface area contributed by atoms with Gasteiger partial charge in [0.25, 0.3) is 0 Å². The molecule has 2 aliphatic rings. The number of hydrogen-bond acceptors (Lipinski definition) is 6. The van der Waals surface area contributed by atoms with Crippen molar-refractivity contribution in [3.63, 3.8) is 0 Å². The molecule has 1 aliphatic heterocycles. The molecule has 5 rings (SSSR count). The van der Waals surface area contributed by atoms with E-state index in [0.29, 0.717) is 12.4 Å². The fraction of sp³-hybridized carbons (Fsp3) is 0.500. The molecule has 1 amide bonds. The van der Waals surface area contributed by atoms with Crippen molar-refractivity contribution in [3.8, 4) is 22.5 Å². The minimum Gasteiger partial charge on any atom is -0.444 e. The SMILES string of the molecule is CC(C)(C)OC(=O)N1CCCC1c1nc2c(c(-c3ccccc3)c1-c1nn[nH]n1)CCCCC2. The van der Waals surface area contributed by atoms with Crippen LogP contribution in [0.3, 0.4) is 0 Å². The smallest absolute Gasteiger partial charge is 0.410 e. The number of tetrazole rings is 1. The number of hydrogen-bond donors (Lipinski definition) is 1. The summed E-state index contributed by atoms with van der Waals surface area (Å²) in [4.78, 5) is 20.3. The summed E-state index contributed by atoms with van der Waals surface area (Å²) in [5.74, 6) is 0.518. The van der Waals surface area contributed by atoms with Gasteiger partial charge in [-0.2, -0.15) is 5.21 Å². The van der Waals surface area contributed by atoms with Gasteiger partial charge >= 0.3 is 6.09 Å². The summed E-state index contributed by atoms with van der Waals surface area (Å²) in [6.45, 7) is 6.34. The van der Waals surface area contributed by atoms with Crippen molar-refractivity contribution in [2.24, 2.45) is 0 Å². The van der Waals surface area contributed by atoms with E-state index in [1.807, 2.05) is 31.7 Å². The number of carbonyl (C=O) groups is 1. The van der Waals surface area contributed by atoms with Crippen LogP contribution in [-0.2, 0) is 17.6 Å². The van der Waals surface area contributed by atoms with E-state index in [4.69, 9.17) is 9.72 Å². The van der Waals surface area contributed by atoms with E-state index >= 15 is 0 Å². The Hall–Kier alpha value is -3.29. The van der Waals surface area contributed by atoms with Crippen LogP contribution in [0.1, 0.15) is 75.9 Å². The monoisotopic (exact) mass is 460 g/mol. The third-order valence-corrected chi connectivity index (χ3v) is 6.58. The Kier molecular flexibility index (Phi) is 6.06. The van der Waals surface area contributed by atoms with Gasteiger partial charge in [0.1, 0.15) is 5.60 Å². The number of pyridine rings is 1. The van der Waals surface area contributed by atoms with Gasteiger partial charge in [-0.3, -0.25) is 9.88 Å². The molecule has 3 heterocycles. The Balaban J connectivity index is 1.73. The highest BCUT2D eigenvalue weighted by Gasteiger charge is 2.38. The molecule has 178 valence electrons. The molecule has 0 bridgehead atoms. The van der Waals surface area contributed by atoms with Crippen molar-refractivity contribution < 1.29 is 9.53 Å². The minimum atomic E-state index is -0.558.